The molecule has 0 aliphatic carbocycles. The van der Waals surface area contributed by atoms with Gasteiger partial charge in [0.1, 0.15) is 0 Å². The van der Waals surface area contributed by atoms with Crippen molar-refractivity contribution in [3.05, 3.63) is 71.8 Å². The Bertz CT molecular complexity index is 534. The Labute approximate surface area is 120 Å². The van der Waals surface area contributed by atoms with Crippen LogP contribution >= 0.6 is 0 Å². The second-order valence-corrected chi connectivity index (χ2v) is 4.84. The van der Waals surface area contributed by atoms with Gasteiger partial charge in [-0.2, -0.15) is 0 Å². The van der Waals surface area contributed by atoms with E-state index in [1.807, 2.05) is 55.5 Å². The lowest BCUT2D eigenvalue weighted by Crippen LogP contribution is -2.21. The van der Waals surface area contributed by atoms with Gasteiger partial charge in [0.05, 0.1) is 12.5 Å². The fourth-order valence-electron chi connectivity index (χ4n) is 2.47. The van der Waals surface area contributed by atoms with Crippen LogP contribution in [0.4, 0.5) is 0 Å². The maximum Gasteiger partial charge on any atom is 0.314 e. The van der Waals surface area contributed by atoms with Gasteiger partial charge >= 0.3 is 5.97 Å². The molecule has 0 aliphatic heterocycles. The van der Waals surface area contributed by atoms with Crippen LogP contribution in [0.3, 0.4) is 0 Å². The molecule has 0 spiro atoms. The summed E-state index contributed by atoms with van der Waals surface area (Å²) in [5.74, 6) is -0.341. The highest BCUT2D eigenvalue weighted by Gasteiger charge is 2.28. The first-order valence-corrected chi connectivity index (χ1v) is 7.00. The highest BCUT2D eigenvalue weighted by molar-refractivity contribution is 5.79. The molecule has 20 heavy (non-hydrogen) atoms. The van der Waals surface area contributed by atoms with E-state index in [2.05, 4.69) is 19.1 Å². The summed E-state index contributed by atoms with van der Waals surface area (Å²) in [6.45, 7) is 4.32. The molecule has 0 saturated heterocycles. The van der Waals surface area contributed by atoms with Crippen molar-refractivity contribution in [2.45, 2.75) is 25.7 Å². The monoisotopic (exact) mass is 268 g/mol. The van der Waals surface area contributed by atoms with Crippen LogP contribution in [0.5, 0.6) is 0 Å². The van der Waals surface area contributed by atoms with Crippen molar-refractivity contribution in [3.63, 3.8) is 0 Å². The standard InChI is InChI=1S/C18H20O2/c1-3-20-18(19)17(16-12-8-5-9-13-16)14(2)15-10-6-4-7-11-15/h4-14,17H,3H2,1-2H3/t14-,17-/m1/s1. The zero-order chi connectivity index (χ0) is 14.4. The van der Waals surface area contributed by atoms with Gasteiger partial charge in [0, 0.05) is 0 Å². The van der Waals surface area contributed by atoms with Crippen molar-refractivity contribution in [2.24, 2.45) is 0 Å². The van der Waals surface area contributed by atoms with E-state index in [0.29, 0.717) is 6.61 Å². The molecule has 0 amide bonds. The molecule has 0 unspecified atom stereocenters. The first-order valence-electron chi connectivity index (χ1n) is 7.00. The summed E-state index contributed by atoms with van der Waals surface area (Å²) >= 11 is 0. The first kappa shape index (κ1) is 14.3. The van der Waals surface area contributed by atoms with Crippen molar-refractivity contribution in [1.82, 2.24) is 0 Å². The quantitative estimate of drug-likeness (QED) is 0.762. The Morgan fingerprint density at radius 2 is 1.45 bits per heavy atom. The van der Waals surface area contributed by atoms with Crippen LogP contribution in [0, 0.1) is 0 Å². The molecule has 0 bridgehead atoms. The van der Waals surface area contributed by atoms with Crippen molar-refractivity contribution < 1.29 is 9.53 Å². The van der Waals surface area contributed by atoms with Crippen molar-refractivity contribution in [3.8, 4) is 0 Å². The van der Waals surface area contributed by atoms with Gasteiger partial charge in [-0.05, 0) is 24.0 Å². The predicted octanol–water partition coefficient (Wildman–Crippen LogP) is 4.14. The van der Waals surface area contributed by atoms with Crippen LogP contribution < -0.4 is 0 Å². The summed E-state index contributed by atoms with van der Waals surface area (Å²) in [5, 5.41) is 0. The SMILES string of the molecule is CCOC(=O)[C@@H](c1ccccc1)[C@H](C)c1ccccc1. The number of hydrogen-bond donors (Lipinski definition) is 0. The predicted molar refractivity (Wildman–Crippen MR) is 80.7 cm³/mol. The number of esters is 1. The summed E-state index contributed by atoms with van der Waals surface area (Å²) in [6.07, 6.45) is 0. The molecule has 2 aromatic rings. The molecule has 0 N–H and O–H groups in total. The van der Waals surface area contributed by atoms with Gasteiger partial charge in [-0.15, -0.1) is 0 Å². The number of benzene rings is 2. The molecule has 2 aromatic carbocycles. The van der Waals surface area contributed by atoms with E-state index in [4.69, 9.17) is 4.74 Å². The molecule has 0 fully saturated rings. The molecule has 0 heterocycles. The van der Waals surface area contributed by atoms with E-state index in [1.165, 1.54) is 0 Å². The molecule has 104 valence electrons. The minimum atomic E-state index is -0.265. The van der Waals surface area contributed by atoms with E-state index in [9.17, 15) is 4.79 Å². The van der Waals surface area contributed by atoms with E-state index in [0.717, 1.165) is 11.1 Å². The maximum atomic E-state index is 12.3. The van der Waals surface area contributed by atoms with Gasteiger partial charge in [0.25, 0.3) is 0 Å². The fourth-order valence-corrected chi connectivity index (χ4v) is 2.47. The van der Waals surface area contributed by atoms with Gasteiger partial charge in [-0.1, -0.05) is 67.6 Å². The molecule has 0 radical (unpaired) electrons. The Morgan fingerprint density at radius 1 is 0.950 bits per heavy atom. The summed E-state index contributed by atoms with van der Waals surface area (Å²) in [7, 11) is 0. The number of carbonyl (C=O) groups is 1. The second kappa shape index (κ2) is 6.90. The van der Waals surface area contributed by atoms with Crippen molar-refractivity contribution in [1.29, 1.82) is 0 Å². The van der Waals surface area contributed by atoms with E-state index in [-0.39, 0.29) is 17.8 Å². The Morgan fingerprint density at radius 3 is 1.95 bits per heavy atom. The highest BCUT2D eigenvalue weighted by atomic mass is 16.5. The molecule has 0 saturated carbocycles. The molecule has 2 nitrogen and oxygen atoms in total. The number of carbonyl (C=O) groups excluding carboxylic acids is 1. The Balaban J connectivity index is 2.34. The summed E-state index contributed by atoms with van der Waals surface area (Å²) in [4.78, 5) is 12.3. The van der Waals surface area contributed by atoms with E-state index >= 15 is 0 Å². The smallest absolute Gasteiger partial charge is 0.314 e. The number of ether oxygens (including phenoxy) is 1. The fraction of sp³-hybridized carbons (Fsp3) is 0.278. The van der Waals surface area contributed by atoms with Gasteiger partial charge in [0.15, 0.2) is 0 Å². The van der Waals surface area contributed by atoms with E-state index < -0.39 is 0 Å². The molecular formula is C18H20O2. The Hall–Kier alpha value is -2.09. The van der Waals surface area contributed by atoms with Gasteiger partial charge in [-0.25, -0.2) is 0 Å². The third-order valence-corrected chi connectivity index (χ3v) is 3.52. The van der Waals surface area contributed by atoms with Crippen LogP contribution in [0.1, 0.15) is 36.8 Å². The van der Waals surface area contributed by atoms with Crippen LogP contribution in [-0.4, -0.2) is 12.6 Å². The minimum Gasteiger partial charge on any atom is -0.466 e. The highest BCUT2D eigenvalue weighted by Crippen LogP contribution is 2.33. The lowest BCUT2D eigenvalue weighted by Gasteiger charge is -2.23. The van der Waals surface area contributed by atoms with E-state index in [1.54, 1.807) is 0 Å². The van der Waals surface area contributed by atoms with Crippen LogP contribution in [0.2, 0.25) is 0 Å². The second-order valence-electron chi connectivity index (χ2n) is 4.84. The summed E-state index contributed by atoms with van der Waals surface area (Å²) in [5.41, 5.74) is 2.15. The van der Waals surface area contributed by atoms with Gasteiger partial charge < -0.3 is 4.74 Å². The van der Waals surface area contributed by atoms with Crippen LogP contribution in [0.15, 0.2) is 60.7 Å². The zero-order valence-corrected chi connectivity index (χ0v) is 12.0. The Kier molecular flexibility index (Phi) is 4.94. The van der Waals surface area contributed by atoms with Crippen LogP contribution in [0.25, 0.3) is 0 Å². The largest absolute Gasteiger partial charge is 0.466 e. The molecule has 2 heteroatoms. The normalized spacial score (nSPS) is 13.5. The molecule has 2 rings (SSSR count). The number of rotatable bonds is 5. The molecular weight excluding hydrogens is 248 g/mol. The van der Waals surface area contributed by atoms with Crippen molar-refractivity contribution >= 4 is 5.97 Å². The number of hydrogen-bond acceptors (Lipinski definition) is 2. The average Bonchev–Trinajstić information content (AvgIpc) is 2.50. The third kappa shape index (κ3) is 3.27. The average molecular weight is 268 g/mol. The summed E-state index contributed by atoms with van der Waals surface area (Å²) < 4.78 is 5.26. The molecule has 2 atom stereocenters. The lowest BCUT2D eigenvalue weighted by atomic mass is 9.83. The maximum absolute atomic E-state index is 12.3. The van der Waals surface area contributed by atoms with Crippen LogP contribution in [-0.2, 0) is 9.53 Å². The zero-order valence-electron chi connectivity index (χ0n) is 12.0. The molecule has 0 aromatic heterocycles. The summed E-state index contributed by atoms with van der Waals surface area (Å²) in [6, 6.07) is 19.9. The van der Waals surface area contributed by atoms with Crippen molar-refractivity contribution in [2.75, 3.05) is 6.61 Å². The topological polar surface area (TPSA) is 26.3 Å². The van der Waals surface area contributed by atoms with Gasteiger partial charge in [0.2, 0.25) is 0 Å². The lowest BCUT2D eigenvalue weighted by molar-refractivity contribution is -0.145. The third-order valence-electron chi connectivity index (χ3n) is 3.52. The first-order chi connectivity index (χ1) is 9.74. The minimum absolute atomic E-state index is 0.0812. The van der Waals surface area contributed by atoms with Gasteiger partial charge in [-0.3, -0.25) is 4.79 Å². The molecule has 0 aliphatic rings.